The number of likely N-dealkylation sites (tertiary alicyclic amines) is 1. The van der Waals surface area contributed by atoms with Crippen LogP contribution in [-0.2, 0) is 0 Å². The number of nitrogen functional groups attached to an aromatic ring is 1. The first-order chi connectivity index (χ1) is 9.06. The van der Waals surface area contributed by atoms with Gasteiger partial charge in [-0.1, -0.05) is 6.07 Å². The standard InChI is InChI=1S/C16H27N3/c1-13-6-7-16(15(17)11-13)19(3)10-8-14-5-4-9-18(2)12-14/h6-7,11,14H,4-5,8-10,12,17H2,1-3H3. The molecule has 0 bridgehead atoms. The van der Waals surface area contributed by atoms with Crippen molar-refractivity contribution in [2.75, 3.05) is 44.4 Å². The second-order valence-corrected chi connectivity index (χ2v) is 6.04. The van der Waals surface area contributed by atoms with E-state index in [1.807, 2.05) is 0 Å². The van der Waals surface area contributed by atoms with Crippen molar-refractivity contribution >= 4 is 11.4 Å². The summed E-state index contributed by atoms with van der Waals surface area (Å²) < 4.78 is 0. The molecular weight excluding hydrogens is 234 g/mol. The third-order valence-corrected chi connectivity index (χ3v) is 4.19. The minimum absolute atomic E-state index is 0.841. The summed E-state index contributed by atoms with van der Waals surface area (Å²) >= 11 is 0. The number of hydrogen-bond acceptors (Lipinski definition) is 3. The van der Waals surface area contributed by atoms with Gasteiger partial charge in [0, 0.05) is 20.1 Å². The number of nitrogens with two attached hydrogens (primary N) is 1. The lowest BCUT2D eigenvalue weighted by Gasteiger charge is -2.31. The van der Waals surface area contributed by atoms with Crippen LogP contribution in [0.25, 0.3) is 0 Å². The first-order valence-electron chi connectivity index (χ1n) is 7.32. The molecule has 0 amide bonds. The van der Waals surface area contributed by atoms with Crippen molar-refractivity contribution in [1.29, 1.82) is 0 Å². The largest absolute Gasteiger partial charge is 0.397 e. The van der Waals surface area contributed by atoms with Gasteiger partial charge in [0.15, 0.2) is 0 Å². The molecule has 1 fully saturated rings. The Labute approximate surface area is 117 Å². The highest BCUT2D eigenvalue weighted by Gasteiger charge is 2.17. The van der Waals surface area contributed by atoms with Crippen molar-refractivity contribution in [1.82, 2.24) is 4.90 Å². The SMILES string of the molecule is Cc1ccc(N(C)CCC2CCCN(C)C2)c(N)c1. The molecule has 2 N–H and O–H groups in total. The van der Waals surface area contributed by atoms with Crippen LogP contribution in [0.4, 0.5) is 11.4 Å². The van der Waals surface area contributed by atoms with E-state index in [9.17, 15) is 0 Å². The van der Waals surface area contributed by atoms with Gasteiger partial charge in [-0.3, -0.25) is 0 Å². The maximum Gasteiger partial charge on any atom is 0.0597 e. The van der Waals surface area contributed by atoms with Crippen molar-refractivity contribution in [3.05, 3.63) is 23.8 Å². The summed E-state index contributed by atoms with van der Waals surface area (Å²) in [6, 6.07) is 6.33. The Morgan fingerprint density at radius 3 is 2.89 bits per heavy atom. The highest BCUT2D eigenvalue weighted by atomic mass is 15.1. The number of hydrogen-bond donors (Lipinski definition) is 1. The summed E-state index contributed by atoms with van der Waals surface area (Å²) in [5, 5.41) is 0. The Hall–Kier alpha value is -1.22. The molecule has 19 heavy (non-hydrogen) atoms. The minimum Gasteiger partial charge on any atom is -0.397 e. The molecule has 0 radical (unpaired) electrons. The second kappa shape index (κ2) is 6.29. The Kier molecular flexibility index (Phi) is 4.70. The molecule has 1 saturated heterocycles. The van der Waals surface area contributed by atoms with E-state index in [0.29, 0.717) is 0 Å². The van der Waals surface area contributed by atoms with Crippen molar-refractivity contribution in [2.24, 2.45) is 5.92 Å². The zero-order chi connectivity index (χ0) is 13.8. The predicted octanol–water partition coefficient (Wildman–Crippen LogP) is 2.75. The van der Waals surface area contributed by atoms with Crippen LogP contribution in [0.3, 0.4) is 0 Å². The van der Waals surface area contributed by atoms with Crippen LogP contribution in [0.5, 0.6) is 0 Å². The summed E-state index contributed by atoms with van der Waals surface area (Å²) in [6.45, 7) is 5.68. The van der Waals surface area contributed by atoms with E-state index >= 15 is 0 Å². The molecule has 0 spiro atoms. The maximum atomic E-state index is 6.10. The molecule has 1 heterocycles. The molecule has 1 unspecified atom stereocenters. The van der Waals surface area contributed by atoms with Gasteiger partial charge in [0.1, 0.15) is 0 Å². The Morgan fingerprint density at radius 1 is 1.42 bits per heavy atom. The zero-order valence-electron chi connectivity index (χ0n) is 12.5. The highest BCUT2D eigenvalue weighted by molar-refractivity contribution is 5.68. The number of anilines is 2. The average Bonchev–Trinajstić information content (AvgIpc) is 2.36. The van der Waals surface area contributed by atoms with Gasteiger partial charge in [-0.2, -0.15) is 0 Å². The number of rotatable bonds is 4. The van der Waals surface area contributed by atoms with Crippen LogP contribution in [0, 0.1) is 12.8 Å². The van der Waals surface area contributed by atoms with Gasteiger partial charge in [-0.05, 0) is 63.4 Å². The Morgan fingerprint density at radius 2 is 2.21 bits per heavy atom. The van der Waals surface area contributed by atoms with Crippen LogP contribution < -0.4 is 10.6 Å². The van der Waals surface area contributed by atoms with Gasteiger partial charge in [0.2, 0.25) is 0 Å². The molecule has 1 aliphatic rings. The van der Waals surface area contributed by atoms with Gasteiger partial charge < -0.3 is 15.5 Å². The molecule has 3 nitrogen and oxygen atoms in total. The molecule has 0 aromatic heterocycles. The third kappa shape index (κ3) is 3.87. The van der Waals surface area contributed by atoms with E-state index in [0.717, 1.165) is 23.8 Å². The lowest BCUT2D eigenvalue weighted by atomic mass is 9.95. The van der Waals surface area contributed by atoms with E-state index < -0.39 is 0 Å². The van der Waals surface area contributed by atoms with Gasteiger partial charge in [0.25, 0.3) is 0 Å². The lowest BCUT2D eigenvalue weighted by molar-refractivity contribution is 0.203. The molecule has 1 atom stereocenters. The average molecular weight is 261 g/mol. The molecule has 3 heteroatoms. The molecule has 0 saturated carbocycles. The zero-order valence-corrected chi connectivity index (χ0v) is 12.5. The van der Waals surface area contributed by atoms with Gasteiger partial charge in [0.05, 0.1) is 11.4 Å². The van der Waals surface area contributed by atoms with E-state index in [1.54, 1.807) is 0 Å². The fourth-order valence-electron chi connectivity index (χ4n) is 3.03. The summed E-state index contributed by atoms with van der Waals surface area (Å²) in [5.74, 6) is 0.841. The monoisotopic (exact) mass is 261 g/mol. The molecule has 2 rings (SSSR count). The highest BCUT2D eigenvalue weighted by Crippen LogP contribution is 2.25. The summed E-state index contributed by atoms with van der Waals surface area (Å²) in [5.41, 5.74) is 9.38. The van der Waals surface area contributed by atoms with Gasteiger partial charge in [-0.25, -0.2) is 0 Å². The summed E-state index contributed by atoms with van der Waals surface area (Å²) in [7, 11) is 4.38. The Balaban J connectivity index is 1.88. The second-order valence-electron chi connectivity index (χ2n) is 6.04. The maximum absolute atomic E-state index is 6.10. The van der Waals surface area contributed by atoms with Crippen LogP contribution in [0.2, 0.25) is 0 Å². The quantitative estimate of drug-likeness (QED) is 0.846. The van der Waals surface area contributed by atoms with Crippen LogP contribution in [-0.4, -0.2) is 38.6 Å². The molecule has 106 valence electrons. The first kappa shape index (κ1) is 14.2. The number of piperidine rings is 1. The van der Waals surface area contributed by atoms with Crippen molar-refractivity contribution in [2.45, 2.75) is 26.2 Å². The van der Waals surface area contributed by atoms with Crippen LogP contribution in [0.15, 0.2) is 18.2 Å². The van der Waals surface area contributed by atoms with Gasteiger partial charge in [-0.15, -0.1) is 0 Å². The molecule has 1 aliphatic heterocycles. The van der Waals surface area contributed by atoms with Crippen molar-refractivity contribution in [3.8, 4) is 0 Å². The van der Waals surface area contributed by atoms with E-state index in [4.69, 9.17) is 5.73 Å². The summed E-state index contributed by atoms with van der Waals surface area (Å²) in [6.07, 6.45) is 3.98. The summed E-state index contributed by atoms with van der Waals surface area (Å²) in [4.78, 5) is 4.75. The van der Waals surface area contributed by atoms with E-state index in [-0.39, 0.29) is 0 Å². The third-order valence-electron chi connectivity index (χ3n) is 4.19. The molecular formula is C16H27N3. The number of benzene rings is 1. The van der Waals surface area contributed by atoms with Crippen LogP contribution >= 0.6 is 0 Å². The van der Waals surface area contributed by atoms with E-state index in [2.05, 4.69) is 49.0 Å². The fraction of sp³-hybridized carbons (Fsp3) is 0.625. The number of aryl methyl sites for hydroxylation is 1. The molecule has 0 aliphatic carbocycles. The normalized spacial score (nSPS) is 20.5. The molecule has 1 aromatic rings. The lowest BCUT2D eigenvalue weighted by Crippen LogP contribution is -2.34. The minimum atomic E-state index is 0.841. The smallest absolute Gasteiger partial charge is 0.0597 e. The van der Waals surface area contributed by atoms with Gasteiger partial charge >= 0.3 is 0 Å². The Bertz CT molecular complexity index is 416. The molecule has 1 aromatic carbocycles. The van der Waals surface area contributed by atoms with Crippen molar-refractivity contribution in [3.63, 3.8) is 0 Å². The topological polar surface area (TPSA) is 32.5 Å². The fourth-order valence-corrected chi connectivity index (χ4v) is 3.03. The van der Waals surface area contributed by atoms with Crippen LogP contribution in [0.1, 0.15) is 24.8 Å². The predicted molar refractivity (Wildman–Crippen MR) is 83.7 cm³/mol. The first-order valence-corrected chi connectivity index (χ1v) is 7.32. The van der Waals surface area contributed by atoms with E-state index in [1.165, 1.54) is 37.9 Å². The van der Waals surface area contributed by atoms with Crippen molar-refractivity contribution < 1.29 is 0 Å². The number of nitrogens with zero attached hydrogens (tertiary/aromatic N) is 2.